The Morgan fingerprint density at radius 3 is 2.71 bits per heavy atom. The van der Waals surface area contributed by atoms with Crippen LogP contribution in [0, 0.1) is 5.92 Å². The van der Waals surface area contributed by atoms with Gasteiger partial charge in [-0.25, -0.2) is 10.4 Å². The number of carbonyl (C=O) groups excluding carboxylic acids is 1. The summed E-state index contributed by atoms with van der Waals surface area (Å²) in [5.41, 5.74) is 15.9. The Kier molecular flexibility index (Phi) is 8.20. The topological polar surface area (TPSA) is 141 Å². The number of carbonyl (C=O) groups is 1. The quantitative estimate of drug-likeness (QED) is 0.133. The summed E-state index contributed by atoms with van der Waals surface area (Å²) in [7, 11) is 0. The highest BCUT2D eigenvalue weighted by Gasteiger charge is 2.45. The zero-order valence-electron chi connectivity index (χ0n) is 19.5. The minimum absolute atomic E-state index is 0.0778. The number of nitrogens with one attached hydrogen (secondary N) is 2. The molecule has 0 saturated heterocycles. The van der Waals surface area contributed by atoms with Crippen molar-refractivity contribution in [2.45, 2.75) is 37.8 Å². The molecule has 3 N–H and O–H groups in total. The SMILES string of the molecule is [N-]=[N+]=NCc1ccccc1C[C@@]1(C(=O)NNCC2CC2)COC(c2ccc(OCCCO)cc2)=N1. The molecule has 1 saturated carbocycles. The number of ether oxygens (including phenoxy) is 2. The molecule has 2 aliphatic rings. The van der Waals surface area contributed by atoms with Gasteiger partial charge in [-0.2, -0.15) is 0 Å². The predicted octanol–water partition coefficient (Wildman–Crippen LogP) is 3.05. The molecule has 35 heavy (non-hydrogen) atoms. The number of rotatable bonds is 13. The summed E-state index contributed by atoms with van der Waals surface area (Å²) in [4.78, 5) is 21.0. The van der Waals surface area contributed by atoms with Crippen molar-refractivity contribution in [2.75, 3.05) is 26.4 Å². The van der Waals surface area contributed by atoms with Crippen LogP contribution in [0.15, 0.2) is 58.6 Å². The Balaban J connectivity index is 1.56. The van der Waals surface area contributed by atoms with Crippen LogP contribution in [0.5, 0.6) is 5.75 Å². The number of hydrogen-bond acceptors (Lipinski definition) is 7. The van der Waals surface area contributed by atoms with Crippen LogP contribution < -0.4 is 15.6 Å². The smallest absolute Gasteiger partial charge is 0.266 e. The van der Waals surface area contributed by atoms with E-state index in [9.17, 15) is 4.79 Å². The highest BCUT2D eigenvalue weighted by atomic mass is 16.5. The van der Waals surface area contributed by atoms with Crippen LogP contribution in [0.25, 0.3) is 10.4 Å². The van der Waals surface area contributed by atoms with Gasteiger partial charge in [-0.3, -0.25) is 10.2 Å². The maximum Gasteiger partial charge on any atom is 0.266 e. The van der Waals surface area contributed by atoms with Gasteiger partial charge in [-0.1, -0.05) is 29.4 Å². The van der Waals surface area contributed by atoms with Crippen LogP contribution in [0.1, 0.15) is 36.0 Å². The lowest BCUT2D eigenvalue weighted by Crippen LogP contribution is -2.53. The molecule has 1 amide bonds. The van der Waals surface area contributed by atoms with E-state index in [1.165, 1.54) is 12.8 Å². The van der Waals surface area contributed by atoms with E-state index < -0.39 is 5.54 Å². The fraction of sp³-hybridized carbons (Fsp3) is 0.440. The van der Waals surface area contributed by atoms with E-state index in [1.807, 2.05) is 48.5 Å². The first kappa shape index (κ1) is 24.5. The third-order valence-electron chi connectivity index (χ3n) is 6.05. The number of hydrogen-bond donors (Lipinski definition) is 3. The van der Waals surface area contributed by atoms with Crippen molar-refractivity contribution in [3.8, 4) is 5.75 Å². The third-order valence-corrected chi connectivity index (χ3v) is 6.05. The van der Waals surface area contributed by atoms with Gasteiger partial charge in [0.2, 0.25) is 5.90 Å². The van der Waals surface area contributed by atoms with E-state index >= 15 is 0 Å². The van der Waals surface area contributed by atoms with Crippen LogP contribution in [0.4, 0.5) is 0 Å². The van der Waals surface area contributed by atoms with Crippen LogP contribution in [-0.2, 0) is 22.5 Å². The Bertz CT molecular complexity index is 1100. The van der Waals surface area contributed by atoms with Crippen molar-refractivity contribution in [3.63, 3.8) is 0 Å². The summed E-state index contributed by atoms with van der Waals surface area (Å²) >= 11 is 0. The first-order valence-electron chi connectivity index (χ1n) is 11.8. The van der Waals surface area contributed by atoms with E-state index in [0.717, 1.165) is 23.2 Å². The van der Waals surface area contributed by atoms with Crippen molar-refractivity contribution in [3.05, 3.63) is 75.7 Å². The number of aliphatic hydroxyl groups excluding tert-OH is 1. The molecule has 4 rings (SSSR count). The van der Waals surface area contributed by atoms with Gasteiger partial charge in [0.25, 0.3) is 5.91 Å². The summed E-state index contributed by atoms with van der Waals surface area (Å²) in [6.45, 7) is 1.52. The number of amides is 1. The summed E-state index contributed by atoms with van der Waals surface area (Å²) < 4.78 is 11.5. The zero-order valence-corrected chi connectivity index (χ0v) is 19.5. The zero-order chi connectivity index (χ0) is 24.5. The fourth-order valence-electron chi connectivity index (χ4n) is 3.85. The van der Waals surface area contributed by atoms with Gasteiger partial charge in [0.15, 0.2) is 5.54 Å². The van der Waals surface area contributed by atoms with Gasteiger partial charge in [-0.05, 0) is 59.7 Å². The third kappa shape index (κ3) is 6.51. The molecule has 0 bridgehead atoms. The molecule has 10 nitrogen and oxygen atoms in total. The second-order valence-electron chi connectivity index (χ2n) is 8.80. The lowest BCUT2D eigenvalue weighted by Gasteiger charge is -2.24. The second kappa shape index (κ2) is 11.7. The maximum atomic E-state index is 13.4. The highest BCUT2D eigenvalue weighted by Crippen LogP contribution is 2.30. The van der Waals surface area contributed by atoms with Crippen LogP contribution in [0.2, 0.25) is 0 Å². The van der Waals surface area contributed by atoms with Crippen molar-refractivity contribution in [1.82, 2.24) is 10.9 Å². The second-order valence-corrected chi connectivity index (χ2v) is 8.80. The highest BCUT2D eigenvalue weighted by molar-refractivity contribution is 6.00. The molecule has 184 valence electrons. The standard InChI is InChI=1S/C25H30N6O4/c26-31-28-16-21-5-2-1-4-20(21)14-25(24(33)30-27-15-18-6-7-18)17-35-23(29-25)19-8-10-22(11-9-19)34-13-3-12-32/h1-2,4-5,8-11,18,27,32H,3,6-7,12-17H2,(H,30,33)/t25-/m0/s1. The first-order chi connectivity index (χ1) is 17.1. The van der Waals surface area contributed by atoms with Crippen LogP contribution in [-0.4, -0.2) is 48.8 Å². The van der Waals surface area contributed by atoms with Gasteiger partial charge in [0.05, 0.1) is 13.2 Å². The van der Waals surface area contributed by atoms with Crippen molar-refractivity contribution < 1.29 is 19.4 Å². The van der Waals surface area contributed by atoms with Gasteiger partial charge < -0.3 is 14.6 Å². The van der Waals surface area contributed by atoms with Gasteiger partial charge in [0.1, 0.15) is 12.4 Å². The van der Waals surface area contributed by atoms with Crippen LogP contribution >= 0.6 is 0 Å². The monoisotopic (exact) mass is 478 g/mol. The fourth-order valence-corrected chi connectivity index (χ4v) is 3.85. The molecule has 0 radical (unpaired) electrons. The van der Waals surface area contributed by atoms with E-state index in [4.69, 9.17) is 25.1 Å². The number of aliphatic hydroxyl groups is 1. The number of hydrazine groups is 1. The van der Waals surface area contributed by atoms with E-state index in [-0.39, 0.29) is 25.7 Å². The Morgan fingerprint density at radius 2 is 2.00 bits per heavy atom. The van der Waals surface area contributed by atoms with Gasteiger partial charge in [0, 0.05) is 36.5 Å². The molecule has 1 aliphatic heterocycles. The normalized spacial score (nSPS) is 18.8. The van der Waals surface area contributed by atoms with Gasteiger partial charge in [-0.15, -0.1) is 0 Å². The summed E-state index contributed by atoms with van der Waals surface area (Å²) in [5.74, 6) is 1.40. The average Bonchev–Trinajstić information content (AvgIpc) is 3.61. The molecule has 10 heteroatoms. The Hall–Kier alpha value is -3.59. The molecule has 1 atom stereocenters. The molecule has 1 fully saturated rings. The maximum absolute atomic E-state index is 13.4. The van der Waals surface area contributed by atoms with E-state index in [1.54, 1.807) is 0 Å². The van der Waals surface area contributed by atoms with Gasteiger partial charge >= 0.3 is 0 Å². The minimum atomic E-state index is -1.17. The van der Waals surface area contributed by atoms with E-state index in [0.29, 0.717) is 37.0 Å². The van der Waals surface area contributed by atoms with Crippen molar-refractivity contribution in [2.24, 2.45) is 16.0 Å². The molecule has 0 aromatic heterocycles. The lowest BCUT2D eigenvalue weighted by molar-refractivity contribution is -0.127. The summed E-state index contributed by atoms with van der Waals surface area (Å²) in [5, 5.41) is 12.6. The van der Waals surface area contributed by atoms with Crippen LogP contribution in [0.3, 0.4) is 0 Å². The number of nitrogens with zero attached hydrogens (tertiary/aromatic N) is 4. The minimum Gasteiger partial charge on any atom is -0.494 e. The Morgan fingerprint density at radius 1 is 1.23 bits per heavy atom. The van der Waals surface area contributed by atoms with Crippen molar-refractivity contribution in [1.29, 1.82) is 0 Å². The number of aliphatic imine (C=N–C) groups is 1. The molecule has 1 aliphatic carbocycles. The lowest BCUT2D eigenvalue weighted by atomic mass is 9.89. The largest absolute Gasteiger partial charge is 0.494 e. The summed E-state index contributed by atoms with van der Waals surface area (Å²) in [6.07, 6.45) is 3.20. The molecule has 0 unspecified atom stereocenters. The molecular weight excluding hydrogens is 448 g/mol. The molecule has 1 heterocycles. The molecular formula is C25H30N6O4. The van der Waals surface area contributed by atoms with E-state index in [2.05, 4.69) is 20.9 Å². The predicted molar refractivity (Wildman–Crippen MR) is 131 cm³/mol. The summed E-state index contributed by atoms with van der Waals surface area (Å²) in [6, 6.07) is 14.9. The number of benzene rings is 2. The average molecular weight is 479 g/mol. The Labute approximate surface area is 204 Å². The first-order valence-corrected chi connectivity index (χ1v) is 11.8. The molecule has 0 spiro atoms. The molecule has 2 aromatic carbocycles. The molecule has 2 aromatic rings. The van der Waals surface area contributed by atoms with Crippen molar-refractivity contribution >= 4 is 11.8 Å². The number of azide groups is 1.